The minimum absolute atomic E-state index is 0.189. The van der Waals surface area contributed by atoms with Crippen LogP contribution in [0.4, 0.5) is 0 Å². The third-order valence-corrected chi connectivity index (χ3v) is 4.45. The molecule has 0 aromatic carbocycles. The third-order valence-electron chi connectivity index (χ3n) is 3.44. The van der Waals surface area contributed by atoms with Gasteiger partial charge in [-0.1, -0.05) is 18.7 Å². The van der Waals surface area contributed by atoms with E-state index >= 15 is 0 Å². The number of rotatable bonds is 4. The molecule has 0 saturated carbocycles. The van der Waals surface area contributed by atoms with Gasteiger partial charge < -0.3 is 15.2 Å². The standard InChI is InChI=1S/C12H21N5OS/c1-9-4-3-5-17(7-9)11(18)8-19-12-15-14-10(6-13)16(12)2/h9H,3-8,13H2,1-2H3. The molecule has 6 nitrogen and oxygen atoms in total. The van der Waals surface area contributed by atoms with Crippen LogP contribution < -0.4 is 5.73 Å². The van der Waals surface area contributed by atoms with E-state index in [1.54, 1.807) is 0 Å². The summed E-state index contributed by atoms with van der Waals surface area (Å²) in [6.07, 6.45) is 2.33. The first-order valence-corrected chi connectivity index (χ1v) is 7.59. The Morgan fingerprint density at radius 3 is 2.95 bits per heavy atom. The average molecular weight is 283 g/mol. The van der Waals surface area contributed by atoms with Crippen molar-refractivity contribution in [2.24, 2.45) is 18.7 Å². The molecular formula is C12H21N5OS. The number of carbonyl (C=O) groups excluding carboxylic acids is 1. The van der Waals surface area contributed by atoms with Gasteiger partial charge in [-0.05, 0) is 18.8 Å². The molecule has 1 aliphatic heterocycles. The van der Waals surface area contributed by atoms with Gasteiger partial charge in [-0.15, -0.1) is 10.2 Å². The molecule has 0 aliphatic carbocycles. The fraction of sp³-hybridized carbons (Fsp3) is 0.750. The molecule has 7 heteroatoms. The largest absolute Gasteiger partial charge is 0.342 e. The minimum atomic E-state index is 0.189. The molecule has 1 aromatic rings. The second-order valence-electron chi connectivity index (χ2n) is 5.04. The van der Waals surface area contributed by atoms with Crippen molar-refractivity contribution >= 4 is 17.7 Å². The average Bonchev–Trinajstić information content (AvgIpc) is 2.76. The molecule has 1 fully saturated rings. The molecule has 1 unspecified atom stereocenters. The van der Waals surface area contributed by atoms with Crippen molar-refractivity contribution in [3.63, 3.8) is 0 Å². The van der Waals surface area contributed by atoms with Gasteiger partial charge in [0.15, 0.2) is 5.16 Å². The Morgan fingerprint density at radius 1 is 1.53 bits per heavy atom. The molecule has 2 rings (SSSR count). The van der Waals surface area contributed by atoms with Crippen LogP contribution >= 0.6 is 11.8 Å². The van der Waals surface area contributed by atoms with Crippen molar-refractivity contribution in [2.45, 2.75) is 31.5 Å². The van der Waals surface area contributed by atoms with E-state index in [0.717, 1.165) is 30.5 Å². The second kappa shape index (κ2) is 6.38. The van der Waals surface area contributed by atoms with E-state index < -0.39 is 0 Å². The predicted molar refractivity (Wildman–Crippen MR) is 74.6 cm³/mol. The number of piperidine rings is 1. The third kappa shape index (κ3) is 3.48. The summed E-state index contributed by atoms with van der Waals surface area (Å²) in [5, 5.41) is 8.77. The minimum Gasteiger partial charge on any atom is -0.342 e. The lowest BCUT2D eigenvalue weighted by atomic mass is 10.0. The lowest BCUT2D eigenvalue weighted by Crippen LogP contribution is -2.40. The van der Waals surface area contributed by atoms with Gasteiger partial charge in [0.25, 0.3) is 0 Å². The highest BCUT2D eigenvalue weighted by Crippen LogP contribution is 2.19. The van der Waals surface area contributed by atoms with Crippen molar-refractivity contribution in [1.29, 1.82) is 0 Å². The van der Waals surface area contributed by atoms with Gasteiger partial charge in [0, 0.05) is 20.1 Å². The van der Waals surface area contributed by atoms with Crippen LogP contribution in [0.5, 0.6) is 0 Å². The van der Waals surface area contributed by atoms with Crippen LogP contribution in [0.15, 0.2) is 5.16 Å². The van der Waals surface area contributed by atoms with E-state index in [2.05, 4.69) is 17.1 Å². The summed E-state index contributed by atoms with van der Waals surface area (Å²) in [6, 6.07) is 0. The molecule has 1 saturated heterocycles. The Morgan fingerprint density at radius 2 is 2.32 bits per heavy atom. The van der Waals surface area contributed by atoms with Crippen molar-refractivity contribution in [2.75, 3.05) is 18.8 Å². The lowest BCUT2D eigenvalue weighted by Gasteiger charge is -2.30. The summed E-state index contributed by atoms with van der Waals surface area (Å²) in [4.78, 5) is 14.1. The first kappa shape index (κ1) is 14.3. The van der Waals surface area contributed by atoms with Crippen LogP contribution in [0.3, 0.4) is 0 Å². The number of aromatic nitrogens is 3. The Bertz CT molecular complexity index is 447. The molecule has 106 valence electrons. The molecule has 1 aliphatic rings. The highest BCUT2D eigenvalue weighted by atomic mass is 32.2. The van der Waals surface area contributed by atoms with Gasteiger partial charge in [-0.3, -0.25) is 4.79 Å². The fourth-order valence-electron chi connectivity index (χ4n) is 2.28. The van der Waals surface area contributed by atoms with E-state index in [0.29, 0.717) is 18.2 Å². The maximum Gasteiger partial charge on any atom is 0.233 e. The second-order valence-corrected chi connectivity index (χ2v) is 5.98. The Labute approximate surface area is 117 Å². The van der Waals surface area contributed by atoms with Crippen molar-refractivity contribution in [3.05, 3.63) is 5.82 Å². The van der Waals surface area contributed by atoms with Crippen LogP contribution in [-0.4, -0.2) is 44.4 Å². The first-order chi connectivity index (χ1) is 9.11. The van der Waals surface area contributed by atoms with Gasteiger partial charge in [-0.2, -0.15) is 0 Å². The van der Waals surface area contributed by atoms with Gasteiger partial charge in [0.05, 0.1) is 12.3 Å². The maximum absolute atomic E-state index is 12.1. The van der Waals surface area contributed by atoms with Gasteiger partial charge in [-0.25, -0.2) is 0 Å². The van der Waals surface area contributed by atoms with Gasteiger partial charge in [0.1, 0.15) is 5.82 Å². The van der Waals surface area contributed by atoms with Gasteiger partial charge >= 0.3 is 0 Å². The molecule has 0 radical (unpaired) electrons. The topological polar surface area (TPSA) is 77.0 Å². The van der Waals surface area contributed by atoms with Crippen molar-refractivity contribution < 1.29 is 4.79 Å². The van der Waals surface area contributed by atoms with E-state index in [1.807, 2.05) is 16.5 Å². The monoisotopic (exact) mass is 283 g/mol. The first-order valence-electron chi connectivity index (χ1n) is 6.60. The summed E-state index contributed by atoms with van der Waals surface area (Å²) >= 11 is 1.43. The number of thioether (sulfide) groups is 1. The zero-order valence-corrected chi connectivity index (χ0v) is 12.3. The number of carbonyl (C=O) groups is 1. The summed E-state index contributed by atoms with van der Waals surface area (Å²) in [5.74, 6) is 1.96. The number of hydrogen-bond acceptors (Lipinski definition) is 5. The quantitative estimate of drug-likeness (QED) is 0.820. The molecule has 19 heavy (non-hydrogen) atoms. The molecule has 0 bridgehead atoms. The summed E-state index contributed by atoms with van der Waals surface area (Å²) in [6.45, 7) is 4.33. The number of nitrogens with two attached hydrogens (primary N) is 1. The van der Waals surface area contributed by atoms with Crippen molar-refractivity contribution in [3.8, 4) is 0 Å². The van der Waals surface area contributed by atoms with Gasteiger partial charge in [0.2, 0.25) is 5.91 Å². The Balaban J connectivity index is 1.87. The zero-order valence-electron chi connectivity index (χ0n) is 11.5. The Kier molecular flexibility index (Phi) is 4.81. The lowest BCUT2D eigenvalue weighted by molar-refractivity contribution is -0.130. The molecule has 1 amide bonds. The van der Waals surface area contributed by atoms with E-state index in [-0.39, 0.29) is 5.91 Å². The number of hydrogen-bond donors (Lipinski definition) is 1. The van der Waals surface area contributed by atoms with E-state index in [4.69, 9.17) is 5.73 Å². The van der Waals surface area contributed by atoms with Crippen LogP contribution in [-0.2, 0) is 18.4 Å². The zero-order chi connectivity index (χ0) is 13.8. The Hall–Kier alpha value is -1.08. The number of likely N-dealkylation sites (tertiary alicyclic amines) is 1. The summed E-state index contributed by atoms with van der Waals surface area (Å²) < 4.78 is 1.84. The summed E-state index contributed by atoms with van der Waals surface area (Å²) in [5.41, 5.74) is 5.54. The maximum atomic E-state index is 12.1. The van der Waals surface area contributed by atoms with Crippen LogP contribution in [0, 0.1) is 5.92 Å². The van der Waals surface area contributed by atoms with E-state index in [9.17, 15) is 4.79 Å². The normalized spacial score (nSPS) is 19.7. The molecule has 1 atom stereocenters. The van der Waals surface area contributed by atoms with E-state index in [1.165, 1.54) is 18.2 Å². The fourth-order valence-corrected chi connectivity index (χ4v) is 3.11. The van der Waals surface area contributed by atoms with Crippen LogP contribution in [0.1, 0.15) is 25.6 Å². The smallest absolute Gasteiger partial charge is 0.233 e. The van der Waals surface area contributed by atoms with Crippen molar-refractivity contribution in [1.82, 2.24) is 19.7 Å². The predicted octanol–water partition coefficient (Wildman–Crippen LogP) is 0.624. The molecule has 1 aromatic heterocycles. The number of amides is 1. The van der Waals surface area contributed by atoms with Crippen LogP contribution in [0.25, 0.3) is 0 Å². The summed E-state index contributed by atoms with van der Waals surface area (Å²) in [7, 11) is 1.87. The highest BCUT2D eigenvalue weighted by molar-refractivity contribution is 7.99. The molecule has 2 heterocycles. The SMILES string of the molecule is CC1CCCN(C(=O)CSc2nnc(CN)n2C)C1. The molecule has 2 N–H and O–H groups in total. The molecule has 0 spiro atoms. The molecular weight excluding hydrogens is 262 g/mol. The highest BCUT2D eigenvalue weighted by Gasteiger charge is 2.21. The van der Waals surface area contributed by atoms with Crippen LogP contribution in [0.2, 0.25) is 0 Å². The number of nitrogens with zero attached hydrogens (tertiary/aromatic N) is 4.